The Hall–Kier alpha value is -1.60. The van der Waals surface area contributed by atoms with Crippen molar-refractivity contribution in [2.75, 3.05) is 0 Å². The molecule has 1 unspecified atom stereocenters. The fourth-order valence-corrected chi connectivity index (χ4v) is 7.97. The quantitative estimate of drug-likeness (QED) is 0.499. The maximum absolute atomic E-state index is 13.4. The van der Waals surface area contributed by atoms with Gasteiger partial charge in [0.25, 0.3) is 5.91 Å². The van der Waals surface area contributed by atoms with E-state index in [0.29, 0.717) is 34.3 Å². The molecule has 1 atom stereocenters. The van der Waals surface area contributed by atoms with Crippen molar-refractivity contribution in [3.63, 3.8) is 0 Å². The van der Waals surface area contributed by atoms with Gasteiger partial charge in [0, 0.05) is 18.2 Å². The van der Waals surface area contributed by atoms with Crippen molar-refractivity contribution in [1.82, 2.24) is 4.90 Å². The topological polar surface area (TPSA) is 70.8 Å². The van der Waals surface area contributed by atoms with E-state index in [4.69, 9.17) is 22.2 Å². The van der Waals surface area contributed by atoms with Gasteiger partial charge in [-0.3, -0.25) is 4.79 Å². The number of carbonyl (C=O) groups excluding carboxylic acids is 1. The van der Waals surface area contributed by atoms with Gasteiger partial charge < -0.3 is 14.4 Å². The highest BCUT2D eigenvalue weighted by atomic mass is 32.2. The summed E-state index contributed by atoms with van der Waals surface area (Å²) in [6.07, 6.45) is 11.5. The fourth-order valence-electron chi connectivity index (χ4n) is 6.41. The number of carboxylic acid groups (broad SMARTS) is 1. The van der Waals surface area contributed by atoms with Crippen molar-refractivity contribution in [1.29, 1.82) is 0 Å². The summed E-state index contributed by atoms with van der Waals surface area (Å²) in [5.74, 6) is 3.16. The van der Waals surface area contributed by atoms with Gasteiger partial charge in [0.15, 0.2) is 0 Å². The Morgan fingerprint density at radius 3 is 2.53 bits per heavy atom. The van der Waals surface area contributed by atoms with E-state index in [1.165, 1.54) is 49.9 Å². The Balaban J connectivity index is 1.39. The molecule has 1 aliphatic heterocycles. The molecule has 6 rings (SSSR count). The van der Waals surface area contributed by atoms with Gasteiger partial charge in [-0.15, -0.1) is 12.6 Å². The van der Waals surface area contributed by atoms with Crippen molar-refractivity contribution >= 4 is 48.4 Å². The first kappa shape index (κ1) is 20.3. The molecule has 0 radical (unpaired) electrons. The molecule has 4 bridgehead atoms. The van der Waals surface area contributed by atoms with Crippen LogP contribution in [0.3, 0.4) is 0 Å². The number of aryl methyl sites for hydroxylation is 1. The van der Waals surface area contributed by atoms with Gasteiger partial charge in [0.05, 0.1) is 4.91 Å². The van der Waals surface area contributed by atoms with Crippen LogP contribution in [0.25, 0.3) is 12.2 Å². The van der Waals surface area contributed by atoms with Crippen LogP contribution in [-0.2, 0) is 16.0 Å². The number of thioether (sulfide) groups is 1. The third-order valence-electron chi connectivity index (χ3n) is 7.31. The molecule has 1 saturated heterocycles. The van der Waals surface area contributed by atoms with Gasteiger partial charge in [0.1, 0.15) is 16.2 Å². The monoisotopic (exact) mass is 445 g/mol. The van der Waals surface area contributed by atoms with E-state index < -0.39 is 5.97 Å². The van der Waals surface area contributed by atoms with Gasteiger partial charge in [-0.05, 0) is 79.9 Å². The maximum Gasteiger partial charge on any atom is 0.328 e. The van der Waals surface area contributed by atoms with Crippen molar-refractivity contribution in [3.05, 3.63) is 34.1 Å². The van der Waals surface area contributed by atoms with Crippen molar-refractivity contribution in [2.24, 2.45) is 23.7 Å². The Kier molecular flexibility index (Phi) is 5.30. The average Bonchev–Trinajstić information content (AvgIpc) is 3.20. The molecule has 160 valence electrons. The molecular weight excluding hydrogens is 418 g/mol. The molecule has 1 amide bonds. The van der Waals surface area contributed by atoms with Crippen LogP contribution in [0.2, 0.25) is 0 Å². The summed E-state index contributed by atoms with van der Waals surface area (Å²) in [6.45, 7) is 1.99. The minimum Gasteiger partial charge on any atom is -0.478 e. The minimum absolute atomic E-state index is 0.0644. The summed E-state index contributed by atoms with van der Waals surface area (Å²) >= 11 is 6.27. The summed E-state index contributed by atoms with van der Waals surface area (Å²) in [5, 5.41) is 8.88. The molecule has 4 saturated carbocycles. The molecule has 1 aromatic heterocycles. The van der Waals surface area contributed by atoms with E-state index in [9.17, 15) is 9.59 Å². The number of hydrogen-bond donors (Lipinski definition) is 2. The first-order valence-corrected chi connectivity index (χ1v) is 12.2. The lowest BCUT2D eigenvalue weighted by Gasteiger charge is -2.56. The highest BCUT2D eigenvalue weighted by molar-refractivity contribution is 8.14. The molecule has 5 fully saturated rings. The lowest BCUT2D eigenvalue weighted by atomic mass is 9.54. The molecule has 4 aliphatic carbocycles. The normalized spacial score (nSPS) is 36.5. The second-order valence-electron chi connectivity index (χ2n) is 9.15. The molecule has 1 aromatic rings. The number of amides is 1. The van der Waals surface area contributed by atoms with E-state index in [-0.39, 0.29) is 10.6 Å². The first-order valence-electron chi connectivity index (χ1n) is 10.9. The van der Waals surface area contributed by atoms with Gasteiger partial charge in [-0.2, -0.15) is 0 Å². The van der Waals surface area contributed by atoms with E-state index in [1.807, 2.05) is 17.9 Å². The SMILES string of the molecule is CCc1cc(/C=C2\SC(S)N(C3C4CC5CC(C4)CC3C5)C2=O)oc1/C=C/C(=O)O. The Labute approximate surface area is 186 Å². The number of carboxylic acids is 1. The number of aliphatic carboxylic acids is 1. The van der Waals surface area contributed by atoms with Gasteiger partial charge in [0.2, 0.25) is 0 Å². The van der Waals surface area contributed by atoms with E-state index in [0.717, 1.165) is 29.9 Å². The van der Waals surface area contributed by atoms with Crippen LogP contribution in [0.15, 0.2) is 21.5 Å². The summed E-state index contributed by atoms with van der Waals surface area (Å²) in [6, 6.07) is 2.21. The predicted octanol–water partition coefficient (Wildman–Crippen LogP) is 4.89. The third kappa shape index (κ3) is 3.54. The molecule has 30 heavy (non-hydrogen) atoms. The number of nitrogens with zero attached hydrogens (tertiary/aromatic N) is 1. The molecule has 1 N–H and O–H groups in total. The standard InChI is InChI=1S/C23H27NO4S2/c1-2-14-10-17(28-18(14)3-4-20(25)26)11-19-22(27)24(23(29)30-19)21-15-6-12-5-13(8-15)9-16(21)7-12/h3-4,10-13,15-16,21,23,29H,2,5-9H2,1H3,(H,25,26)/b4-3+,19-11-. The van der Waals surface area contributed by atoms with Crippen LogP contribution in [0, 0.1) is 23.7 Å². The molecule has 0 aromatic carbocycles. The summed E-state index contributed by atoms with van der Waals surface area (Å²) < 4.78 is 5.69. The Morgan fingerprint density at radius 2 is 1.93 bits per heavy atom. The van der Waals surface area contributed by atoms with Crippen LogP contribution in [0.1, 0.15) is 56.1 Å². The van der Waals surface area contributed by atoms with Crippen LogP contribution in [0.5, 0.6) is 0 Å². The van der Waals surface area contributed by atoms with Crippen molar-refractivity contribution < 1.29 is 19.1 Å². The van der Waals surface area contributed by atoms with E-state index in [2.05, 4.69) is 0 Å². The van der Waals surface area contributed by atoms with Crippen molar-refractivity contribution in [2.45, 2.75) is 56.2 Å². The molecule has 5 aliphatic rings. The second kappa shape index (κ2) is 7.83. The zero-order valence-corrected chi connectivity index (χ0v) is 18.7. The molecule has 5 nitrogen and oxygen atoms in total. The van der Waals surface area contributed by atoms with E-state index in [1.54, 1.807) is 6.08 Å². The lowest BCUT2D eigenvalue weighted by Crippen LogP contribution is -2.57. The average molecular weight is 446 g/mol. The van der Waals surface area contributed by atoms with Gasteiger partial charge in [-0.25, -0.2) is 4.79 Å². The van der Waals surface area contributed by atoms with Crippen LogP contribution < -0.4 is 0 Å². The second-order valence-corrected chi connectivity index (χ2v) is 11.1. The minimum atomic E-state index is -1.01. The van der Waals surface area contributed by atoms with Crippen molar-refractivity contribution in [3.8, 4) is 0 Å². The number of furan rings is 1. The molecule has 7 heteroatoms. The number of rotatable bonds is 5. The number of hydrogen-bond acceptors (Lipinski definition) is 5. The summed E-state index contributed by atoms with van der Waals surface area (Å²) in [4.78, 5) is 26.9. The van der Waals surface area contributed by atoms with Crippen LogP contribution in [0.4, 0.5) is 0 Å². The summed E-state index contributed by atoms with van der Waals surface area (Å²) in [7, 11) is 0. The highest BCUT2D eigenvalue weighted by Crippen LogP contribution is 2.57. The Bertz CT molecular complexity index is 906. The highest BCUT2D eigenvalue weighted by Gasteiger charge is 2.53. The van der Waals surface area contributed by atoms with Gasteiger partial charge in [-0.1, -0.05) is 18.7 Å². The third-order valence-corrected chi connectivity index (χ3v) is 8.86. The lowest BCUT2D eigenvalue weighted by molar-refractivity contribution is -0.136. The zero-order chi connectivity index (χ0) is 21.0. The smallest absolute Gasteiger partial charge is 0.328 e. The van der Waals surface area contributed by atoms with Gasteiger partial charge >= 0.3 is 5.97 Å². The molecular formula is C23H27NO4S2. The largest absolute Gasteiger partial charge is 0.478 e. The van der Waals surface area contributed by atoms with E-state index >= 15 is 0 Å². The van der Waals surface area contributed by atoms with Crippen LogP contribution >= 0.6 is 24.4 Å². The fraction of sp³-hybridized carbons (Fsp3) is 0.565. The first-order chi connectivity index (χ1) is 14.4. The molecule has 0 spiro atoms. The zero-order valence-electron chi connectivity index (χ0n) is 17.0. The maximum atomic E-state index is 13.4. The van der Waals surface area contributed by atoms with Crippen LogP contribution in [-0.4, -0.2) is 32.6 Å². The summed E-state index contributed by atoms with van der Waals surface area (Å²) in [5.41, 5.74) is 0.926. The predicted molar refractivity (Wildman–Crippen MR) is 121 cm³/mol. The number of thiol groups is 1. The number of carbonyl (C=O) groups is 2. The molecule has 2 heterocycles. The Morgan fingerprint density at radius 1 is 1.27 bits per heavy atom.